The second-order valence-corrected chi connectivity index (χ2v) is 1.31. The largest absolute Gasteiger partial charge is 0.398 e. The lowest BCUT2D eigenvalue weighted by atomic mass is 10.4. The normalized spacial score (nSPS) is 12.5. The quantitative estimate of drug-likeness (QED) is 0.264. The SMILES string of the molecule is C/C=C/C(N)=C\NN. The van der Waals surface area contributed by atoms with Crippen molar-refractivity contribution in [3.05, 3.63) is 24.0 Å². The highest BCUT2D eigenvalue weighted by Crippen LogP contribution is 1.80. The van der Waals surface area contributed by atoms with Crippen LogP contribution in [0.25, 0.3) is 0 Å². The van der Waals surface area contributed by atoms with Gasteiger partial charge in [-0.3, -0.25) is 5.84 Å². The van der Waals surface area contributed by atoms with Gasteiger partial charge in [-0.2, -0.15) is 0 Å². The zero-order chi connectivity index (χ0) is 6.41. The lowest BCUT2D eigenvalue weighted by molar-refractivity contribution is 0.954. The molecule has 46 valence electrons. The minimum absolute atomic E-state index is 0.620. The predicted octanol–water partition coefficient (Wildman–Crippen LogP) is -0.174. The molecule has 0 bridgehead atoms. The van der Waals surface area contributed by atoms with Crippen LogP contribution >= 0.6 is 0 Å². The molecule has 0 aromatic heterocycles. The molecule has 0 radical (unpaired) electrons. The number of hydrazine groups is 1. The molecule has 0 amide bonds. The molecule has 0 saturated heterocycles. The minimum atomic E-state index is 0.620. The summed E-state index contributed by atoms with van der Waals surface area (Å²) in [7, 11) is 0. The van der Waals surface area contributed by atoms with Crippen LogP contribution in [0, 0.1) is 0 Å². The first kappa shape index (κ1) is 7.04. The first-order valence-electron chi connectivity index (χ1n) is 2.35. The Labute approximate surface area is 49.0 Å². The van der Waals surface area contributed by atoms with E-state index in [4.69, 9.17) is 11.6 Å². The fourth-order valence-electron chi connectivity index (χ4n) is 0.337. The van der Waals surface area contributed by atoms with Crippen LogP contribution in [0.4, 0.5) is 0 Å². The summed E-state index contributed by atoms with van der Waals surface area (Å²) in [5.41, 5.74) is 8.26. The van der Waals surface area contributed by atoms with Crippen molar-refractivity contribution in [3.63, 3.8) is 0 Å². The van der Waals surface area contributed by atoms with E-state index in [1.165, 1.54) is 6.20 Å². The van der Waals surface area contributed by atoms with E-state index in [1.807, 2.05) is 13.0 Å². The van der Waals surface area contributed by atoms with E-state index in [0.717, 1.165) is 0 Å². The number of hydrogen-bond acceptors (Lipinski definition) is 3. The maximum absolute atomic E-state index is 5.33. The Bertz CT molecular complexity index is 104. The Morgan fingerprint density at radius 3 is 2.62 bits per heavy atom. The molecule has 0 unspecified atom stereocenters. The number of nitrogens with one attached hydrogen (secondary N) is 1. The molecule has 0 aliphatic carbocycles. The van der Waals surface area contributed by atoms with Crippen LogP contribution in [-0.4, -0.2) is 0 Å². The fraction of sp³-hybridized carbons (Fsp3) is 0.200. The van der Waals surface area contributed by atoms with E-state index in [0.29, 0.717) is 5.70 Å². The Morgan fingerprint density at radius 2 is 2.25 bits per heavy atom. The van der Waals surface area contributed by atoms with Crippen LogP contribution in [0.5, 0.6) is 0 Å². The predicted molar refractivity (Wildman–Crippen MR) is 34.4 cm³/mol. The van der Waals surface area contributed by atoms with E-state index < -0.39 is 0 Å². The summed E-state index contributed by atoms with van der Waals surface area (Å²) >= 11 is 0. The second kappa shape index (κ2) is 4.21. The molecule has 0 aromatic carbocycles. The maximum Gasteiger partial charge on any atom is 0.0484 e. The van der Waals surface area contributed by atoms with Gasteiger partial charge < -0.3 is 11.2 Å². The lowest BCUT2D eigenvalue weighted by Gasteiger charge is -1.89. The Balaban J connectivity index is 3.61. The van der Waals surface area contributed by atoms with Crippen LogP contribution in [0.3, 0.4) is 0 Å². The third-order valence-corrected chi connectivity index (χ3v) is 0.609. The van der Waals surface area contributed by atoms with E-state index in [-0.39, 0.29) is 0 Å². The molecule has 0 heterocycles. The topological polar surface area (TPSA) is 64.1 Å². The maximum atomic E-state index is 5.33. The van der Waals surface area contributed by atoms with Gasteiger partial charge in [0.1, 0.15) is 0 Å². The molecule has 0 fully saturated rings. The summed E-state index contributed by atoms with van der Waals surface area (Å²) in [6, 6.07) is 0. The molecule has 0 aromatic rings. The van der Waals surface area contributed by atoms with Crippen LogP contribution < -0.4 is 17.0 Å². The molecule has 3 nitrogen and oxygen atoms in total. The summed E-state index contributed by atoms with van der Waals surface area (Å²) in [4.78, 5) is 0. The van der Waals surface area contributed by atoms with Crippen molar-refractivity contribution in [2.45, 2.75) is 6.92 Å². The van der Waals surface area contributed by atoms with Crippen molar-refractivity contribution in [1.29, 1.82) is 0 Å². The van der Waals surface area contributed by atoms with Crippen molar-refractivity contribution >= 4 is 0 Å². The Kier molecular flexibility index (Phi) is 3.70. The summed E-state index contributed by atoms with van der Waals surface area (Å²) in [6.07, 6.45) is 5.10. The molecule has 0 aliphatic rings. The smallest absolute Gasteiger partial charge is 0.0484 e. The number of allylic oxidation sites excluding steroid dienone is 2. The molecular weight excluding hydrogens is 102 g/mol. The van der Waals surface area contributed by atoms with Gasteiger partial charge in [-0.1, -0.05) is 6.08 Å². The van der Waals surface area contributed by atoms with Crippen molar-refractivity contribution in [2.75, 3.05) is 0 Å². The van der Waals surface area contributed by atoms with Crippen molar-refractivity contribution < 1.29 is 0 Å². The van der Waals surface area contributed by atoms with Crippen LogP contribution in [0.2, 0.25) is 0 Å². The second-order valence-electron chi connectivity index (χ2n) is 1.31. The van der Waals surface area contributed by atoms with Crippen LogP contribution in [0.1, 0.15) is 6.92 Å². The summed E-state index contributed by atoms with van der Waals surface area (Å²) in [5.74, 6) is 4.92. The molecule has 5 N–H and O–H groups in total. The van der Waals surface area contributed by atoms with Gasteiger partial charge in [-0.25, -0.2) is 0 Å². The van der Waals surface area contributed by atoms with E-state index >= 15 is 0 Å². The van der Waals surface area contributed by atoms with Gasteiger partial charge in [0.2, 0.25) is 0 Å². The summed E-state index contributed by atoms with van der Waals surface area (Å²) in [5, 5.41) is 0. The number of rotatable bonds is 2. The highest BCUT2D eigenvalue weighted by Gasteiger charge is 1.73. The minimum Gasteiger partial charge on any atom is -0.398 e. The van der Waals surface area contributed by atoms with Crippen LogP contribution in [-0.2, 0) is 0 Å². The molecule has 0 atom stereocenters. The van der Waals surface area contributed by atoms with E-state index in [2.05, 4.69) is 5.43 Å². The van der Waals surface area contributed by atoms with Gasteiger partial charge in [0.15, 0.2) is 0 Å². The monoisotopic (exact) mass is 113 g/mol. The molecular formula is C5H11N3. The Hall–Kier alpha value is -0.960. The first-order chi connectivity index (χ1) is 3.81. The van der Waals surface area contributed by atoms with E-state index in [9.17, 15) is 0 Å². The molecule has 0 rings (SSSR count). The standard InChI is InChI=1S/C5H11N3/c1-2-3-5(6)4-8-7/h2-4,8H,6-7H2,1H3/b3-2+,5-4+. The number of hydrogen-bond donors (Lipinski definition) is 3. The highest BCUT2D eigenvalue weighted by molar-refractivity contribution is 5.12. The molecule has 0 spiro atoms. The van der Waals surface area contributed by atoms with Gasteiger partial charge in [-0.15, -0.1) is 0 Å². The van der Waals surface area contributed by atoms with Crippen molar-refractivity contribution in [1.82, 2.24) is 5.43 Å². The highest BCUT2D eigenvalue weighted by atomic mass is 15.2. The van der Waals surface area contributed by atoms with Gasteiger partial charge in [-0.05, 0) is 13.0 Å². The molecule has 0 aliphatic heterocycles. The number of nitrogens with two attached hydrogens (primary N) is 2. The average molecular weight is 113 g/mol. The van der Waals surface area contributed by atoms with Crippen LogP contribution in [0.15, 0.2) is 24.0 Å². The summed E-state index contributed by atoms with van der Waals surface area (Å²) in [6.45, 7) is 1.89. The van der Waals surface area contributed by atoms with Crippen molar-refractivity contribution in [3.8, 4) is 0 Å². The molecule has 0 saturated carbocycles. The third kappa shape index (κ3) is 3.24. The fourth-order valence-corrected chi connectivity index (χ4v) is 0.337. The van der Waals surface area contributed by atoms with Gasteiger partial charge in [0, 0.05) is 11.9 Å². The van der Waals surface area contributed by atoms with Gasteiger partial charge in [0.05, 0.1) is 0 Å². The lowest BCUT2D eigenvalue weighted by Crippen LogP contribution is -2.15. The molecule has 3 heteroatoms. The zero-order valence-electron chi connectivity index (χ0n) is 4.89. The summed E-state index contributed by atoms with van der Waals surface area (Å²) < 4.78 is 0. The Morgan fingerprint density at radius 1 is 1.62 bits per heavy atom. The van der Waals surface area contributed by atoms with Gasteiger partial charge in [0.25, 0.3) is 0 Å². The van der Waals surface area contributed by atoms with Gasteiger partial charge >= 0.3 is 0 Å². The first-order valence-corrected chi connectivity index (χ1v) is 2.35. The molecule has 8 heavy (non-hydrogen) atoms. The van der Waals surface area contributed by atoms with E-state index in [1.54, 1.807) is 6.08 Å². The van der Waals surface area contributed by atoms with Crippen molar-refractivity contribution in [2.24, 2.45) is 11.6 Å². The third-order valence-electron chi connectivity index (χ3n) is 0.609. The zero-order valence-corrected chi connectivity index (χ0v) is 4.89. The average Bonchev–Trinajstić information content (AvgIpc) is 1.68.